The normalized spacial score (nSPS) is 11.9. The predicted molar refractivity (Wildman–Crippen MR) is 262 cm³/mol. The molecular weight excluding hydrogens is 751 g/mol. The van der Waals surface area contributed by atoms with Gasteiger partial charge in [0.1, 0.15) is 0 Å². The number of fused-ring (bicyclic) bond motifs is 12. The summed E-state index contributed by atoms with van der Waals surface area (Å²) in [5, 5.41) is 12.6. The number of hydrogen-bond acceptors (Lipinski definition) is 1. The van der Waals surface area contributed by atoms with Gasteiger partial charge in [0.15, 0.2) is 0 Å². The van der Waals surface area contributed by atoms with Crippen LogP contribution in [-0.2, 0) is 0 Å². The van der Waals surface area contributed by atoms with E-state index in [4.69, 9.17) is 4.98 Å². The molecule has 0 radical (unpaired) electrons. The molecule has 10 aromatic carbocycles. The van der Waals surface area contributed by atoms with Gasteiger partial charge in [0.2, 0.25) is 0 Å². The molecule has 3 heterocycles. The number of hydrogen-bond donors (Lipinski definition) is 0. The molecule has 0 N–H and O–H groups in total. The fourth-order valence-corrected chi connectivity index (χ4v) is 10.1. The SMILES string of the molecule is c1ccc(-n2c3ccccc3c3cc(-c4ccc5c(c4)c4ccccc4n5-c4cccc(-c5cccc(-c6ccc7c8ccccc8c8ccccc8c7c6)n5)c4)ccc32)cc1. The first kappa shape index (κ1) is 34.6. The van der Waals surface area contributed by atoms with Crippen LogP contribution in [0.25, 0.3) is 121 Å². The van der Waals surface area contributed by atoms with Gasteiger partial charge in [-0.3, -0.25) is 0 Å². The minimum atomic E-state index is 0.944. The lowest BCUT2D eigenvalue weighted by atomic mass is 9.93. The maximum absolute atomic E-state index is 5.30. The molecule has 0 saturated heterocycles. The summed E-state index contributed by atoms with van der Waals surface area (Å²) < 4.78 is 4.77. The van der Waals surface area contributed by atoms with Gasteiger partial charge in [-0.2, -0.15) is 0 Å². The van der Waals surface area contributed by atoms with Crippen LogP contribution >= 0.6 is 0 Å². The molecule has 0 aliphatic rings. The van der Waals surface area contributed by atoms with E-state index in [1.807, 2.05) is 0 Å². The molecule has 0 spiro atoms. The topological polar surface area (TPSA) is 22.8 Å². The molecule has 0 aliphatic carbocycles. The average Bonchev–Trinajstić information content (AvgIpc) is 3.86. The van der Waals surface area contributed by atoms with Crippen molar-refractivity contribution in [1.29, 1.82) is 0 Å². The molecule has 3 nitrogen and oxygen atoms in total. The zero-order chi connectivity index (χ0) is 40.7. The highest BCUT2D eigenvalue weighted by Gasteiger charge is 2.17. The van der Waals surface area contributed by atoms with Crippen LogP contribution in [0.4, 0.5) is 0 Å². The number of pyridine rings is 1. The summed E-state index contributed by atoms with van der Waals surface area (Å²) in [6.45, 7) is 0. The summed E-state index contributed by atoms with van der Waals surface area (Å²) in [6, 6.07) is 81.5. The Morgan fingerprint density at radius 3 is 1.23 bits per heavy atom. The van der Waals surface area contributed by atoms with Crippen molar-refractivity contribution in [3.8, 4) is 45.0 Å². The van der Waals surface area contributed by atoms with Crippen molar-refractivity contribution < 1.29 is 0 Å². The molecule has 0 aliphatic heterocycles. The molecule has 13 aromatic rings. The third-order valence-electron chi connectivity index (χ3n) is 12.9. The maximum atomic E-state index is 5.30. The van der Waals surface area contributed by atoms with Gasteiger partial charge in [-0.15, -0.1) is 0 Å². The Morgan fingerprint density at radius 1 is 0.226 bits per heavy atom. The molecular formula is C59H37N3. The highest BCUT2D eigenvalue weighted by molar-refractivity contribution is 6.25. The van der Waals surface area contributed by atoms with Gasteiger partial charge in [0.25, 0.3) is 0 Å². The Balaban J connectivity index is 0.904. The summed E-state index contributed by atoms with van der Waals surface area (Å²) in [5.74, 6) is 0. The van der Waals surface area contributed by atoms with Gasteiger partial charge >= 0.3 is 0 Å². The molecule has 0 atom stereocenters. The summed E-state index contributed by atoms with van der Waals surface area (Å²) in [6.07, 6.45) is 0. The smallest absolute Gasteiger partial charge is 0.0710 e. The van der Waals surface area contributed by atoms with Crippen LogP contribution in [0, 0.1) is 0 Å². The monoisotopic (exact) mass is 787 g/mol. The first-order valence-electron chi connectivity index (χ1n) is 21.3. The van der Waals surface area contributed by atoms with E-state index in [0.29, 0.717) is 0 Å². The lowest BCUT2D eigenvalue weighted by Crippen LogP contribution is -1.95. The Bertz CT molecular complexity index is 3890. The van der Waals surface area contributed by atoms with Crippen molar-refractivity contribution in [3.05, 3.63) is 224 Å². The van der Waals surface area contributed by atoms with Gasteiger partial charge in [0, 0.05) is 44.0 Å². The second-order valence-corrected chi connectivity index (χ2v) is 16.3. The molecule has 288 valence electrons. The lowest BCUT2D eigenvalue weighted by molar-refractivity contribution is 1.18. The summed E-state index contributed by atoms with van der Waals surface area (Å²) >= 11 is 0. The second kappa shape index (κ2) is 13.6. The van der Waals surface area contributed by atoms with E-state index < -0.39 is 0 Å². The van der Waals surface area contributed by atoms with Gasteiger partial charge in [-0.1, -0.05) is 146 Å². The van der Waals surface area contributed by atoms with Crippen LogP contribution in [0.5, 0.6) is 0 Å². The predicted octanol–water partition coefficient (Wildman–Crippen LogP) is 15.7. The first-order chi connectivity index (χ1) is 30.7. The minimum absolute atomic E-state index is 0.944. The fourth-order valence-electron chi connectivity index (χ4n) is 10.1. The summed E-state index contributed by atoms with van der Waals surface area (Å²) in [5.41, 5.74) is 13.5. The van der Waals surface area contributed by atoms with Crippen molar-refractivity contribution in [3.63, 3.8) is 0 Å². The third-order valence-corrected chi connectivity index (χ3v) is 12.9. The minimum Gasteiger partial charge on any atom is -0.309 e. The van der Waals surface area contributed by atoms with Crippen molar-refractivity contribution in [1.82, 2.24) is 14.1 Å². The van der Waals surface area contributed by atoms with Crippen LogP contribution in [0.15, 0.2) is 224 Å². The van der Waals surface area contributed by atoms with Gasteiger partial charge in [0.05, 0.1) is 33.5 Å². The first-order valence-corrected chi connectivity index (χ1v) is 21.3. The average molecular weight is 788 g/mol. The van der Waals surface area contributed by atoms with Crippen molar-refractivity contribution in [2.24, 2.45) is 0 Å². The van der Waals surface area contributed by atoms with Crippen LogP contribution in [0.1, 0.15) is 0 Å². The van der Waals surface area contributed by atoms with Crippen LogP contribution < -0.4 is 0 Å². The number of nitrogens with zero attached hydrogens (tertiary/aromatic N) is 3. The molecule has 0 amide bonds. The Labute approximate surface area is 358 Å². The fraction of sp³-hybridized carbons (Fsp3) is 0. The molecule has 3 heteroatoms. The zero-order valence-electron chi connectivity index (χ0n) is 33.7. The van der Waals surface area contributed by atoms with Crippen molar-refractivity contribution in [2.45, 2.75) is 0 Å². The number of benzene rings is 10. The summed E-state index contributed by atoms with van der Waals surface area (Å²) in [4.78, 5) is 5.30. The molecule has 0 saturated carbocycles. The number of rotatable bonds is 5. The van der Waals surface area contributed by atoms with Gasteiger partial charge < -0.3 is 9.13 Å². The van der Waals surface area contributed by atoms with Crippen LogP contribution in [-0.4, -0.2) is 14.1 Å². The highest BCUT2D eigenvalue weighted by atomic mass is 15.0. The molecule has 0 fully saturated rings. The van der Waals surface area contributed by atoms with Crippen molar-refractivity contribution in [2.75, 3.05) is 0 Å². The van der Waals surface area contributed by atoms with E-state index in [-0.39, 0.29) is 0 Å². The van der Waals surface area contributed by atoms with Gasteiger partial charge in [-0.25, -0.2) is 4.98 Å². The van der Waals surface area contributed by atoms with Crippen LogP contribution in [0.3, 0.4) is 0 Å². The van der Waals surface area contributed by atoms with Gasteiger partial charge in [-0.05, 0) is 122 Å². The van der Waals surface area contributed by atoms with E-state index in [2.05, 4.69) is 234 Å². The Morgan fingerprint density at radius 2 is 0.629 bits per heavy atom. The van der Waals surface area contributed by atoms with E-state index >= 15 is 0 Å². The molecule has 62 heavy (non-hydrogen) atoms. The standard InChI is InChI=1S/C59H37N3/c1-2-15-42(16-3-1)61-56-26-10-8-22-49(56)52-35-38(29-32-58(52)61)39-30-33-59-53(36-39)50-23-9-11-27-57(50)62(59)43-17-12-14-40(34-43)54-24-13-25-55(60-54)41-28-31-48-46-20-5-4-18-44(46)45-19-6-7-21-47(45)51(48)37-41/h1-37H. The maximum Gasteiger partial charge on any atom is 0.0710 e. The molecule has 0 bridgehead atoms. The lowest BCUT2D eigenvalue weighted by Gasteiger charge is -2.13. The van der Waals surface area contributed by atoms with E-state index in [1.165, 1.54) is 92.7 Å². The number of aromatic nitrogens is 3. The van der Waals surface area contributed by atoms with E-state index in [9.17, 15) is 0 Å². The number of para-hydroxylation sites is 3. The Kier molecular flexibility index (Phi) is 7.60. The quantitative estimate of drug-likeness (QED) is 0.159. The van der Waals surface area contributed by atoms with E-state index in [1.54, 1.807) is 0 Å². The Hall–Kier alpha value is -8.27. The largest absolute Gasteiger partial charge is 0.309 e. The van der Waals surface area contributed by atoms with E-state index in [0.717, 1.165) is 28.2 Å². The second-order valence-electron chi connectivity index (χ2n) is 16.3. The van der Waals surface area contributed by atoms with Crippen LogP contribution in [0.2, 0.25) is 0 Å². The summed E-state index contributed by atoms with van der Waals surface area (Å²) in [7, 11) is 0. The molecule has 3 aromatic heterocycles. The van der Waals surface area contributed by atoms with Crippen molar-refractivity contribution >= 4 is 75.9 Å². The highest BCUT2D eigenvalue weighted by Crippen LogP contribution is 2.40. The third kappa shape index (κ3) is 5.28. The molecule has 0 unspecified atom stereocenters. The zero-order valence-corrected chi connectivity index (χ0v) is 33.7. The molecule has 13 rings (SSSR count).